The number of halogens is 3. The summed E-state index contributed by atoms with van der Waals surface area (Å²) in [6.07, 6.45) is -5.87. The summed E-state index contributed by atoms with van der Waals surface area (Å²) in [5.74, 6) is 0. The van der Waals surface area contributed by atoms with Gasteiger partial charge >= 0.3 is 0 Å². The second-order valence-corrected chi connectivity index (χ2v) is 16.0. The Balaban J connectivity index is 5.32. The molecule has 0 aliphatic carbocycles. The molecular weight excluding hydrogens is 365 g/mol. The number of hydrogen-bond acceptors (Lipinski definition) is 5. The molecule has 0 amide bonds. The Hall–Kier alpha value is 0.241. The third-order valence-corrected chi connectivity index (χ3v) is 11.5. The predicted molar refractivity (Wildman–Crippen MR) is 89.9 cm³/mol. The zero-order chi connectivity index (χ0) is 18.3. The Labute approximate surface area is 142 Å². The van der Waals surface area contributed by atoms with Crippen LogP contribution in [0.5, 0.6) is 0 Å². The highest BCUT2D eigenvalue weighted by atomic mass is 28.4. The lowest BCUT2D eigenvalue weighted by molar-refractivity contribution is -0.124. The van der Waals surface area contributed by atoms with Gasteiger partial charge in [0.25, 0.3) is 0 Å². The largest absolute Gasteiger partial charge is 0.396 e. The Bertz CT molecular complexity index is 302. The van der Waals surface area contributed by atoms with E-state index in [2.05, 4.69) is 0 Å². The van der Waals surface area contributed by atoms with Crippen molar-refractivity contribution in [3.05, 3.63) is 0 Å². The van der Waals surface area contributed by atoms with Crippen molar-refractivity contribution in [1.29, 1.82) is 0 Å². The van der Waals surface area contributed by atoms with Gasteiger partial charge in [0.2, 0.25) is 0 Å². The molecule has 0 aliphatic rings. The van der Waals surface area contributed by atoms with Crippen molar-refractivity contribution in [1.82, 2.24) is 0 Å². The van der Waals surface area contributed by atoms with Crippen LogP contribution < -0.4 is 0 Å². The van der Waals surface area contributed by atoms with Gasteiger partial charge in [0.15, 0.2) is 54.7 Å². The molecule has 23 heavy (non-hydrogen) atoms. The average molecular weight is 395 g/mol. The van der Waals surface area contributed by atoms with Crippen LogP contribution in [0.25, 0.3) is 0 Å². The minimum atomic E-state index is -1.62. The number of rotatable bonds is 12. The quantitative estimate of drug-likeness (QED) is 0.361. The molecule has 2 N–H and O–H groups in total. The molecule has 0 saturated carbocycles. The van der Waals surface area contributed by atoms with Crippen LogP contribution in [0.3, 0.4) is 0 Å². The summed E-state index contributed by atoms with van der Waals surface area (Å²) in [4.78, 5) is 0. The molecule has 0 aromatic heterocycles. The van der Waals surface area contributed by atoms with E-state index in [0.717, 1.165) is 0 Å². The van der Waals surface area contributed by atoms with Crippen LogP contribution in [0.15, 0.2) is 0 Å². The zero-order valence-electron chi connectivity index (χ0n) is 14.4. The smallest absolute Gasteiger partial charge is 0.186 e. The lowest BCUT2D eigenvalue weighted by atomic mass is 9.89. The van der Waals surface area contributed by atoms with Crippen molar-refractivity contribution in [3.63, 3.8) is 0 Å². The van der Waals surface area contributed by atoms with E-state index >= 15 is 0 Å². The SMILES string of the molecule is CC(F)O[SiH2]C(CC(C)(C)C(O)O)([SiH2]OC(C)F)[SiH2]OC(C)F. The molecule has 11 heteroatoms. The molecule has 0 spiro atoms. The van der Waals surface area contributed by atoms with Crippen molar-refractivity contribution in [2.24, 2.45) is 5.41 Å². The van der Waals surface area contributed by atoms with Gasteiger partial charge in [-0.2, -0.15) is 0 Å². The maximum atomic E-state index is 13.1. The molecule has 140 valence electrons. The number of aliphatic hydroxyl groups is 2. The monoisotopic (exact) mass is 394 g/mol. The minimum Gasteiger partial charge on any atom is -0.396 e. The van der Waals surface area contributed by atoms with E-state index in [4.69, 9.17) is 13.3 Å². The Morgan fingerprint density at radius 2 is 1.13 bits per heavy atom. The average Bonchev–Trinajstić information content (AvgIpc) is 2.39. The summed E-state index contributed by atoms with van der Waals surface area (Å²) in [6.45, 7) is 6.97. The summed E-state index contributed by atoms with van der Waals surface area (Å²) >= 11 is 0. The Morgan fingerprint density at radius 3 is 1.35 bits per heavy atom. The van der Waals surface area contributed by atoms with Gasteiger partial charge in [0, 0.05) is 9.70 Å². The first-order valence-electron chi connectivity index (χ1n) is 7.53. The standard InChI is InChI=1S/C12H29F3O5Si3/c1-7(13)18-21-12(22-19-8(2)14,23-20-9(3)15)6-11(4,5)10(16)17/h7-10,16-17H,6,21-23H2,1-5H3. The van der Waals surface area contributed by atoms with Crippen molar-refractivity contribution in [3.8, 4) is 0 Å². The van der Waals surface area contributed by atoms with Crippen LogP contribution in [0.2, 0.25) is 4.28 Å². The molecule has 0 saturated heterocycles. The first kappa shape index (κ1) is 23.2. The Kier molecular flexibility index (Phi) is 10.4. The van der Waals surface area contributed by atoms with Crippen LogP contribution in [-0.4, -0.2) is 64.9 Å². The summed E-state index contributed by atoms with van der Waals surface area (Å²) in [5.41, 5.74) is -0.943. The zero-order valence-corrected chi connectivity index (χ0v) is 18.6. The van der Waals surface area contributed by atoms with E-state index in [-0.39, 0.29) is 6.42 Å². The lowest BCUT2D eigenvalue weighted by Gasteiger charge is -2.39. The van der Waals surface area contributed by atoms with Gasteiger partial charge in [-0.1, -0.05) is 13.8 Å². The topological polar surface area (TPSA) is 68.2 Å². The van der Waals surface area contributed by atoms with E-state index in [1.54, 1.807) is 13.8 Å². The summed E-state index contributed by atoms with van der Waals surface area (Å²) in [6, 6.07) is 0. The number of hydrogen-bond donors (Lipinski definition) is 2. The van der Waals surface area contributed by atoms with Gasteiger partial charge in [0.05, 0.1) is 0 Å². The normalized spacial score (nSPS) is 21.0. The molecule has 0 fully saturated rings. The van der Waals surface area contributed by atoms with Crippen LogP contribution >= 0.6 is 0 Å². The molecule has 0 rings (SSSR count). The summed E-state index contributed by atoms with van der Waals surface area (Å²) in [7, 11) is -4.75. The Morgan fingerprint density at radius 1 is 0.826 bits per heavy atom. The number of aliphatic hydroxyl groups excluding tert-OH is 1. The molecule has 0 aliphatic heterocycles. The van der Waals surface area contributed by atoms with E-state index in [1.807, 2.05) is 0 Å². The van der Waals surface area contributed by atoms with Crippen molar-refractivity contribution >= 4 is 29.3 Å². The van der Waals surface area contributed by atoms with E-state index in [1.165, 1.54) is 20.8 Å². The van der Waals surface area contributed by atoms with Crippen LogP contribution in [-0.2, 0) is 13.3 Å². The highest BCUT2D eigenvalue weighted by Gasteiger charge is 2.43. The molecule has 0 heterocycles. The lowest BCUT2D eigenvalue weighted by Crippen LogP contribution is -2.45. The van der Waals surface area contributed by atoms with Gasteiger partial charge in [-0.25, -0.2) is 13.2 Å². The molecule has 3 atom stereocenters. The first-order valence-corrected chi connectivity index (χ1v) is 11.4. The molecule has 5 nitrogen and oxygen atoms in total. The van der Waals surface area contributed by atoms with E-state index in [0.29, 0.717) is 0 Å². The van der Waals surface area contributed by atoms with Gasteiger partial charge in [-0.15, -0.1) is 0 Å². The van der Waals surface area contributed by atoms with Gasteiger partial charge < -0.3 is 23.5 Å². The van der Waals surface area contributed by atoms with E-state index in [9.17, 15) is 23.4 Å². The second-order valence-electron chi connectivity index (χ2n) is 6.60. The van der Waals surface area contributed by atoms with Crippen molar-refractivity contribution in [2.45, 2.75) is 70.7 Å². The van der Waals surface area contributed by atoms with Gasteiger partial charge in [-0.3, -0.25) is 0 Å². The third kappa shape index (κ3) is 9.96. The van der Waals surface area contributed by atoms with Crippen molar-refractivity contribution < 1.29 is 36.7 Å². The fraction of sp³-hybridized carbons (Fsp3) is 1.00. The molecule has 3 unspecified atom stereocenters. The van der Waals surface area contributed by atoms with Gasteiger partial charge in [0.1, 0.15) is 0 Å². The fourth-order valence-corrected chi connectivity index (χ4v) is 9.32. The highest BCUT2D eigenvalue weighted by molar-refractivity contribution is 6.74. The molecule has 0 aromatic carbocycles. The van der Waals surface area contributed by atoms with Crippen LogP contribution in [0, 0.1) is 5.41 Å². The fourth-order valence-electron chi connectivity index (χ4n) is 2.21. The number of alkyl halides is 3. The highest BCUT2D eigenvalue weighted by Crippen LogP contribution is 2.40. The molecule has 0 bridgehead atoms. The van der Waals surface area contributed by atoms with E-state index < -0.39 is 64.4 Å². The first-order chi connectivity index (χ1) is 10.4. The van der Waals surface area contributed by atoms with Gasteiger partial charge in [-0.05, 0) is 27.2 Å². The maximum absolute atomic E-state index is 13.1. The maximum Gasteiger partial charge on any atom is 0.186 e. The minimum absolute atomic E-state index is 0.217. The second kappa shape index (κ2) is 10.3. The predicted octanol–water partition coefficient (Wildman–Crippen LogP) is 0.0348. The molecule has 0 aromatic rings. The molecule has 0 radical (unpaired) electrons. The molecular formula is C12H29F3O5Si3. The summed E-state index contributed by atoms with van der Waals surface area (Å²) in [5, 5.41) is 19.1. The van der Waals surface area contributed by atoms with Crippen molar-refractivity contribution in [2.75, 3.05) is 0 Å². The summed E-state index contributed by atoms with van der Waals surface area (Å²) < 4.78 is 54.2. The van der Waals surface area contributed by atoms with Crippen LogP contribution in [0.1, 0.15) is 41.0 Å². The third-order valence-electron chi connectivity index (χ3n) is 3.39. The van der Waals surface area contributed by atoms with Crippen LogP contribution in [0.4, 0.5) is 13.2 Å².